The molecule has 0 aromatic heterocycles. The molecule has 0 heterocycles. The Kier molecular flexibility index (Phi) is 3.08. The Morgan fingerprint density at radius 3 is 2.64 bits per heavy atom. The predicted molar refractivity (Wildman–Crippen MR) is 48.2 cm³/mol. The summed E-state index contributed by atoms with van der Waals surface area (Å²) in [5.41, 5.74) is 0. The predicted octanol–water partition coefficient (Wildman–Crippen LogP) is 0.295. The average Bonchev–Trinajstić information content (AvgIpc) is 1.94. The lowest BCUT2D eigenvalue weighted by Crippen LogP contribution is -2.48. The monoisotopic (exact) mass is 174 g/mol. The summed E-state index contributed by atoms with van der Waals surface area (Å²) in [4.78, 5) is 1.83. The van der Waals surface area contributed by atoms with Gasteiger partial charge in [0.1, 0.15) is 6.73 Å². The molecule has 1 aliphatic rings. The Balaban J connectivity index is 2.40. The van der Waals surface area contributed by atoms with E-state index in [0.717, 1.165) is 12.8 Å². The first kappa shape index (κ1) is 8.74. The van der Waals surface area contributed by atoms with E-state index in [1.54, 1.807) is 7.05 Å². The summed E-state index contributed by atoms with van der Waals surface area (Å²) in [6.07, 6.45) is 3.57. The van der Waals surface area contributed by atoms with Gasteiger partial charge in [0.15, 0.2) is 5.11 Å². The van der Waals surface area contributed by atoms with Crippen molar-refractivity contribution in [3.8, 4) is 0 Å². The second-order valence-electron chi connectivity index (χ2n) is 2.75. The third kappa shape index (κ3) is 1.81. The highest BCUT2D eigenvalue weighted by atomic mass is 32.1. The molecular weight excluding hydrogens is 160 g/mol. The fourth-order valence-corrected chi connectivity index (χ4v) is 1.39. The lowest BCUT2D eigenvalue weighted by Gasteiger charge is -2.37. The molecule has 3 nitrogen and oxygen atoms in total. The van der Waals surface area contributed by atoms with E-state index < -0.39 is 0 Å². The van der Waals surface area contributed by atoms with Crippen molar-refractivity contribution in [3.05, 3.63) is 0 Å². The van der Waals surface area contributed by atoms with E-state index in [9.17, 15) is 0 Å². The lowest BCUT2D eigenvalue weighted by atomic mass is 9.92. The van der Waals surface area contributed by atoms with Gasteiger partial charge in [0.05, 0.1) is 0 Å². The Bertz CT molecular complexity index is 147. The summed E-state index contributed by atoms with van der Waals surface area (Å²) in [5.74, 6) is 0. The molecule has 0 unspecified atom stereocenters. The molecule has 1 rings (SSSR count). The smallest absolute Gasteiger partial charge is 0.170 e. The van der Waals surface area contributed by atoms with E-state index in [-0.39, 0.29) is 6.73 Å². The van der Waals surface area contributed by atoms with Crippen LogP contribution in [0.2, 0.25) is 0 Å². The molecule has 0 bridgehead atoms. The second kappa shape index (κ2) is 3.88. The van der Waals surface area contributed by atoms with Crippen molar-refractivity contribution >= 4 is 17.3 Å². The Hall–Kier alpha value is -0.350. The van der Waals surface area contributed by atoms with E-state index in [2.05, 4.69) is 5.32 Å². The van der Waals surface area contributed by atoms with Gasteiger partial charge in [0.2, 0.25) is 0 Å². The van der Waals surface area contributed by atoms with Gasteiger partial charge in [-0.2, -0.15) is 0 Å². The van der Waals surface area contributed by atoms with Crippen LogP contribution in [0.1, 0.15) is 19.3 Å². The summed E-state index contributed by atoms with van der Waals surface area (Å²) >= 11 is 5.01. The number of hydrogen-bond donors (Lipinski definition) is 2. The van der Waals surface area contributed by atoms with Crippen LogP contribution in [-0.4, -0.2) is 34.9 Å². The summed E-state index contributed by atoms with van der Waals surface area (Å²) in [6, 6.07) is 0.472. The molecule has 2 N–H and O–H groups in total. The van der Waals surface area contributed by atoms with Crippen molar-refractivity contribution in [1.82, 2.24) is 10.2 Å². The highest BCUT2D eigenvalue weighted by Crippen LogP contribution is 2.24. The van der Waals surface area contributed by atoms with Gasteiger partial charge in [-0.25, -0.2) is 0 Å². The van der Waals surface area contributed by atoms with E-state index in [0.29, 0.717) is 11.2 Å². The third-order valence-electron chi connectivity index (χ3n) is 2.14. The van der Waals surface area contributed by atoms with Gasteiger partial charge in [-0.05, 0) is 31.5 Å². The zero-order chi connectivity index (χ0) is 8.27. The molecule has 0 spiro atoms. The van der Waals surface area contributed by atoms with E-state index in [4.69, 9.17) is 17.3 Å². The number of thiocarbonyl (C=S) groups is 1. The molecule has 0 amide bonds. The normalized spacial score (nSPS) is 17.3. The van der Waals surface area contributed by atoms with Crippen molar-refractivity contribution in [2.75, 3.05) is 13.8 Å². The fraction of sp³-hybridized carbons (Fsp3) is 0.857. The highest BCUT2D eigenvalue weighted by molar-refractivity contribution is 7.80. The van der Waals surface area contributed by atoms with Gasteiger partial charge in [0.25, 0.3) is 0 Å². The van der Waals surface area contributed by atoms with Gasteiger partial charge in [-0.1, -0.05) is 0 Å². The van der Waals surface area contributed by atoms with Crippen LogP contribution < -0.4 is 5.32 Å². The first-order chi connectivity index (χ1) is 5.29. The van der Waals surface area contributed by atoms with Crippen molar-refractivity contribution < 1.29 is 5.11 Å². The first-order valence-corrected chi connectivity index (χ1v) is 4.29. The van der Waals surface area contributed by atoms with Gasteiger partial charge in [-0.3, -0.25) is 0 Å². The highest BCUT2D eigenvalue weighted by Gasteiger charge is 2.25. The van der Waals surface area contributed by atoms with Gasteiger partial charge >= 0.3 is 0 Å². The maximum Gasteiger partial charge on any atom is 0.170 e. The number of nitrogens with zero attached hydrogens (tertiary/aromatic N) is 1. The van der Waals surface area contributed by atoms with Crippen LogP contribution in [0.15, 0.2) is 0 Å². The van der Waals surface area contributed by atoms with Crippen LogP contribution in [0.4, 0.5) is 0 Å². The SMILES string of the molecule is CNC(=S)N(CO)C1CCC1. The maximum absolute atomic E-state index is 8.96. The largest absolute Gasteiger partial charge is 0.376 e. The molecule has 1 fully saturated rings. The van der Waals surface area contributed by atoms with Gasteiger partial charge in [-0.15, -0.1) is 0 Å². The van der Waals surface area contributed by atoms with Crippen molar-refractivity contribution in [2.24, 2.45) is 0 Å². The number of rotatable bonds is 2. The number of nitrogens with one attached hydrogen (secondary N) is 1. The Labute approximate surface area is 72.4 Å². The Morgan fingerprint density at radius 1 is 1.73 bits per heavy atom. The molecule has 4 heteroatoms. The van der Waals surface area contributed by atoms with E-state index in [1.807, 2.05) is 4.90 Å². The molecule has 0 aromatic rings. The van der Waals surface area contributed by atoms with Crippen LogP contribution in [0.5, 0.6) is 0 Å². The van der Waals surface area contributed by atoms with Crippen molar-refractivity contribution in [3.63, 3.8) is 0 Å². The topological polar surface area (TPSA) is 35.5 Å². The first-order valence-electron chi connectivity index (χ1n) is 3.88. The van der Waals surface area contributed by atoms with Crippen LogP contribution in [-0.2, 0) is 0 Å². The summed E-state index contributed by atoms with van der Waals surface area (Å²) < 4.78 is 0. The number of hydrogen-bond acceptors (Lipinski definition) is 2. The van der Waals surface area contributed by atoms with E-state index in [1.165, 1.54) is 6.42 Å². The molecule has 0 aromatic carbocycles. The van der Waals surface area contributed by atoms with Gasteiger partial charge < -0.3 is 15.3 Å². The standard InChI is InChI=1S/C7H14N2OS/c1-8-7(11)9(5-10)6-3-2-4-6/h6,10H,2-5H2,1H3,(H,8,11). The van der Waals surface area contributed by atoms with Crippen molar-refractivity contribution in [1.29, 1.82) is 0 Å². The zero-order valence-electron chi connectivity index (χ0n) is 6.71. The average molecular weight is 174 g/mol. The quantitative estimate of drug-likeness (QED) is 0.466. The molecule has 0 atom stereocenters. The molecule has 64 valence electrons. The molecule has 11 heavy (non-hydrogen) atoms. The lowest BCUT2D eigenvalue weighted by molar-refractivity contribution is 0.0962. The zero-order valence-corrected chi connectivity index (χ0v) is 7.52. The minimum absolute atomic E-state index is 0.0321. The minimum Gasteiger partial charge on any atom is -0.376 e. The summed E-state index contributed by atoms with van der Waals surface area (Å²) in [5, 5.41) is 12.5. The maximum atomic E-state index is 8.96. The number of aliphatic hydroxyl groups excluding tert-OH is 1. The van der Waals surface area contributed by atoms with Crippen molar-refractivity contribution in [2.45, 2.75) is 25.3 Å². The molecule has 0 saturated heterocycles. The van der Waals surface area contributed by atoms with E-state index >= 15 is 0 Å². The molecular formula is C7H14N2OS. The third-order valence-corrected chi connectivity index (χ3v) is 2.58. The number of aliphatic hydroxyl groups is 1. The second-order valence-corrected chi connectivity index (χ2v) is 3.14. The van der Waals surface area contributed by atoms with Crippen LogP contribution in [0, 0.1) is 0 Å². The molecule has 0 radical (unpaired) electrons. The molecule has 0 aliphatic heterocycles. The molecule has 1 aliphatic carbocycles. The van der Waals surface area contributed by atoms with Gasteiger partial charge in [0, 0.05) is 13.1 Å². The van der Waals surface area contributed by atoms with Crippen LogP contribution in [0.3, 0.4) is 0 Å². The molecule has 1 saturated carbocycles. The van der Waals surface area contributed by atoms with Crippen LogP contribution in [0.25, 0.3) is 0 Å². The Morgan fingerprint density at radius 2 is 2.36 bits per heavy atom. The summed E-state index contributed by atoms with van der Waals surface area (Å²) in [7, 11) is 1.78. The summed E-state index contributed by atoms with van der Waals surface area (Å²) in [6.45, 7) is 0.0321. The van der Waals surface area contributed by atoms with Crippen LogP contribution >= 0.6 is 12.2 Å². The minimum atomic E-state index is 0.0321. The fourth-order valence-electron chi connectivity index (χ4n) is 1.19.